The van der Waals surface area contributed by atoms with Crippen LogP contribution in [0.1, 0.15) is 27.9 Å². The van der Waals surface area contributed by atoms with Crippen molar-refractivity contribution < 1.29 is 19.5 Å². The molecule has 2 N–H and O–H groups in total. The first-order valence-electron chi connectivity index (χ1n) is 7.95. The topological polar surface area (TPSA) is 83.5 Å². The lowest BCUT2D eigenvalue weighted by molar-refractivity contribution is -0.133. The number of ketones is 1. The fraction of sp³-hybridized carbons (Fsp3) is 0.0952. The van der Waals surface area contributed by atoms with Gasteiger partial charge in [-0.15, -0.1) is 0 Å². The van der Waals surface area contributed by atoms with Gasteiger partial charge in [0.05, 0.1) is 6.42 Å². The van der Waals surface area contributed by atoms with Crippen LogP contribution in [0.15, 0.2) is 66.8 Å². The third-order valence-electron chi connectivity index (χ3n) is 3.63. The number of carboxylic acid groups (broad SMARTS) is 1. The normalized spacial score (nSPS) is 10.5. The summed E-state index contributed by atoms with van der Waals surface area (Å²) >= 11 is 0. The van der Waals surface area contributed by atoms with E-state index in [1.807, 2.05) is 31.2 Å². The Kier molecular flexibility index (Phi) is 6.22. The molecule has 1 amide bonds. The highest BCUT2D eigenvalue weighted by molar-refractivity contribution is 6.07. The van der Waals surface area contributed by atoms with E-state index < -0.39 is 11.9 Å². The molecule has 0 fully saturated rings. The van der Waals surface area contributed by atoms with Crippen LogP contribution in [0, 0.1) is 6.92 Å². The van der Waals surface area contributed by atoms with Crippen molar-refractivity contribution in [2.24, 2.45) is 0 Å². The number of carbonyl (C=O) groups excluding carboxylic acids is 2. The zero-order chi connectivity index (χ0) is 19.1. The van der Waals surface area contributed by atoms with Gasteiger partial charge in [-0.3, -0.25) is 9.59 Å². The van der Waals surface area contributed by atoms with Crippen molar-refractivity contribution in [2.75, 3.05) is 5.32 Å². The minimum Gasteiger partial charge on any atom is -0.478 e. The van der Waals surface area contributed by atoms with Crippen LogP contribution in [0.25, 0.3) is 6.08 Å². The summed E-state index contributed by atoms with van der Waals surface area (Å²) < 4.78 is 0. The monoisotopic (exact) mass is 349 g/mol. The molecule has 2 aromatic rings. The van der Waals surface area contributed by atoms with Gasteiger partial charge in [0.15, 0.2) is 5.78 Å². The van der Waals surface area contributed by atoms with E-state index in [9.17, 15) is 14.4 Å². The molecule has 0 aliphatic rings. The summed E-state index contributed by atoms with van der Waals surface area (Å²) in [4.78, 5) is 34.6. The van der Waals surface area contributed by atoms with E-state index in [-0.39, 0.29) is 17.8 Å². The number of rotatable bonds is 7. The molecule has 2 rings (SSSR count). The number of aliphatic carboxylic acids is 1. The van der Waals surface area contributed by atoms with Crippen LogP contribution in [0.4, 0.5) is 5.69 Å². The summed E-state index contributed by atoms with van der Waals surface area (Å²) in [5.74, 6) is -1.83. The average molecular weight is 349 g/mol. The molecule has 0 aromatic heterocycles. The summed E-state index contributed by atoms with van der Waals surface area (Å²) in [6.07, 6.45) is 2.94. The van der Waals surface area contributed by atoms with Crippen LogP contribution in [-0.2, 0) is 9.59 Å². The molecule has 5 nitrogen and oxygen atoms in total. The Balaban J connectivity index is 1.96. The molecule has 0 atom stereocenters. The predicted octanol–water partition coefficient (Wildman–Crippen LogP) is 3.86. The molecule has 132 valence electrons. The van der Waals surface area contributed by atoms with Crippen molar-refractivity contribution in [3.05, 3.63) is 83.4 Å². The summed E-state index contributed by atoms with van der Waals surface area (Å²) in [5, 5.41) is 11.3. The zero-order valence-electron chi connectivity index (χ0n) is 14.4. The Bertz CT molecular complexity index is 862. The smallest absolute Gasteiger partial charge is 0.331 e. The van der Waals surface area contributed by atoms with Crippen molar-refractivity contribution in [3.8, 4) is 0 Å². The SMILES string of the molecule is C=C(CC(=O)Nc1ccc(C(=O)C=Cc2ccc(C)cc2)cc1)C(=O)O. The number of aryl methyl sites for hydroxylation is 1. The third kappa shape index (κ3) is 5.56. The Hall–Kier alpha value is -3.47. The summed E-state index contributed by atoms with van der Waals surface area (Å²) in [5.41, 5.74) is 2.87. The van der Waals surface area contributed by atoms with Gasteiger partial charge in [0.2, 0.25) is 5.91 Å². The van der Waals surface area contributed by atoms with E-state index in [0.29, 0.717) is 11.3 Å². The van der Waals surface area contributed by atoms with E-state index >= 15 is 0 Å². The minimum absolute atomic E-state index is 0.150. The standard InChI is InChI=1S/C21H19NO4/c1-14-3-5-16(6-4-14)7-12-19(23)17-8-10-18(11-9-17)22-20(24)13-15(2)21(25)26/h3-12H,2,13H2,1H3,(H,22,24)(H,25,26). The fourth-order valence-corrected chi connectivity index (χ4v) is 2.14. The highest BCUT2D eigenvalue weighted by Gasteiger charge is 2.10. The second-order valence-electron chi connectivity index (χ2n) is 5.82. The van der Waals surface area contributed by atoms with E-state index in [1.165, 1.54) is 6.08 Å². The molecular weight excluding hydrogens is 330 g/mol. The molecule has 5 heteroatoms. The first-order chi connectivity index (χ1) is 12.3. The number of benzene rings is 2. The quantitative estimate of drug-likeness (QED) is 0.587. The van der Waals surface area contributed by atoms with Crippen molar-refractivity contribution in [3.63, 3.8) is 0 Å². The van der Waals surface area contributed by atoms with Crippen LogP contribution >= 0.6 is 0 Å². The van der Waals surface area contributed by atoms with Gasteiger partial charge < -0.3 is 10.4 Å². The molecule has 0 unspecified atom stereocenters. The number of nitrogens with one attached hydrogen (secondary N) is 1. The first kappa shape index (κ1) is 18.9. The van der Waals surface area contributed by atoms with Crippen LogP contribution < -0.4 is 5.32 Å². The van der Waals surface area contributed by atoms with Gasteiger partial charge in [-0.2, -0.15) is 0 Å². The van der Waals surface area contributed by atoms with E-state index in [1.54, 1.807) is 30.3 Å². The summed E-state index contributed by atoms with van der Waals surface area (Å²) in [7, 11) is 0. The number of carboxylic acids is 1. The maximum Gasteiger partial charge on any atom is 0.331 e. The van der Waals surface area contributed by atoms with Gasteiger partial charge >= 0.3 is 5.97 Å². The second kappa shape index (κ2) is 8.58. The lowest BCUT2D eigenvalue weighted by Crippen LogP contribution is -2.14. The largest absolute Gasteiger partial charge is 0.478 e. The molecule has 0 saturated heterocycles. The van der Waals surface area contributed by atoms with Gasteiger partial charge in [-0.25, -0.2) is 4.79 Å². The van der Waals surface area contributed by atoms with Crippen molar-refractivity contribution in [1.29, 1.82) is 0 Å². The minimum atomic E-state index is -1.21. The van der Waals surface area contributed by atoms with Gasteiger partial charge in [0.25, 0.3) is 0 Å². The number of hydrogen-bond donors (Lipinski definition) is 2. The van der Waals surface area contributed by atoms with E-state index in [2.05, 4.69) is 11.9 Å². The van der Waals surface area contributed by atoms with Gasteiger partial charge in [0, 0.05) is 16.8 Å². The van der Waals surface area contributed by atoms with Crippen molar-refractivity contribution >= 4 is 29.4 Å². The Morgan fingerprint density at radius 2 is 1.65 bits per heavy atom. The maximum absolute atomic E-state index is 12.2. The molecule has 0 heterocycles. The number of amides is 1. The Labute approximate surface area is 151 Å². The molecule has 0 spiro atoms. The fourth-order valence-electron chi connectivity index (χ4n) is 2.14. The van der Waals surface area contributed by atoms with Crippen LogP contribution in [-0.4, -0.2) is 22.8 Å². The van der Waals surface area contributed by atoms with Crippen molar-refractivity contribution in [1.82, 2.24) is 0 Å². The van der Waals surface area contributed by atoms with Gasteiger partial charge in [0.1, 0.15) is 0 Å². The van der Waals surface area contributed by atoms with Crippen LogP contribution in [0.3, 0.4) is 0 Å². The molecule has 0 bridgehead atoms. The summed E-state index contributed by atoms with van der Waals surface area (Å²) in [6, 6.07) is 14.2. The van der Waals surface area contributed by atoms with Crippen molar-refractivity contribution in [2.45, 2.75) is 13.3 Å². The lowest BCUT2D eigenvalue weighted by Gasteiger charge is -2.05. The maximum atomic E-state index is 12.2. The molecular formula is C21H19NO4. The number of anilines is 1. The highest BCUT2D eigenvalue weighted by Crippen LogP contribution is 2.13. The molecule has 0 aliphatic carbocycles. The molecule has 26 heavy (non-hydrogen) atoms. The third-order valence-corrected chi connectivity index (χ3v) is 3.63. The van der Waals surface area contributed by atoms with E-state index in [4.69, 9.17) is 5.11 Å². The average Bonchev–Trinajstić information content (AvgIpc) is 2.61. The number of carbonyl (C=O) groups is 3. The number of allylic oxidation sites excluding steroid dienone is 1. The first-order valence-corrected chi connectivity index (χ1v) is 7.95. The van der Waals surface area contributed by atoms with Crippen LogP contribution in [0.5, 0.6) is 0 Å². The molecule has 0 aliphatic heterocycles. The van der Waals surface area contributed by atoms with Crippen LogP contribution in [0.2, 0.25) is 0 Å². The molecule has 2 aromatic carbocycles. The van der Waals surface area contributed by atoms with Gasteiger partial charge in [-0.1, -0.05) is 42.5 Å². The second-order valence-corrected chi connectivity index (χ2v) is 5.82. The highest BCUT2D eigenvalue weighted by atomic mass is 16.4. The summed E-state index contributed by atoms with van der Waals surface area (Å²) in [6.45, 7) is 5.31. The predicted molar refractivity (Wildman–Crippen MR) is 101 cm³/mol. The number of hydrogen-bond acceptors (Lipinski definition) is 3. The van der Waals surface area contributed by atoms with Gasteiger partial charge in [-0.05, 0) is 42.8 Å². The molecule has 0 saturated carbocycles. The zero-order valence-corrected chi connectivity index (χ0v) is 14.4. The lowest BCUT2D eigenvalue weighted by atomic mass is 10.1. The molecule has 0 radical (unpaired) electrons. The van der Waals surface area contributed by atoms with E-state index in [0.717, 1.165) is 11.1 Å². The Morgan fingerprint density at radius 1 is 1.04 bits per heavy atom. The Morgan fingerprint density at radius 3 is 2.23 bits per heavy atom.